The van der Waals surface area contributed by atoms with E-state index in [0.717, 1.165) is 35.9 Å². The summed E-state index contributed by atoms with van der Waals surface area (Å²) in [5, 5.41) is 0. The summed E-state index contributed by atoms with van der Waals surface area (Å²) in [5.41, 5.74) is 3.14. The number of halogens is 1. The maximum atomic E-state index is 13.4. The normalized spacial score (nSPS) is 18.9. The molecule has 4 rings (SSSR count). The number of rotatable bonds is 3. The van der Waals surface area contributed by atoms with Crippen molar-refractivity contribution in [2.75, 3.05) is 13.1 Å². The largest absolute Gasteiger partial charge is 0.243 e. The third-order valence-corrected chi connectivity index (χ3v) is 6.57. The van der Waals surface area contributed by atoms with Crippen LogP contribution in [0.3, 0.4) is 0 Å². The Kier molecular flexibility index (Phi) is 3.85. The van der Waals surface area contributed by atoms with Crippen LogP contribution >= 0.6 is 0 Å². The highest BCUT2D eigenvalue weighted by atomic mass is 32.2. The Hall–Kier alpha value is -1.86. The van der Waals surface area contributed by atoms with Crippen LogP contribution in [0, 0.1) is 5.82 Å². The van der Waals surface area contributed by atoms with Crippen molar-refractivity contribution in [3.05, 3.63) is 53.4 Å². The van der Waals surface area contributed by atoms with E-state index in [4.69, 9.17) is 0 Å². The molecule has 1 fully saturated rings. The second kappa shape index (κ2) is 5.89. The second-order valence-corrected chi connectivity index (χ2v) is 8.26. The van der Waals surface area contributed by atoms with Crippen LogP contribution in [0.25, 0.3) is 0 Å². The Bertz CT molecular complexity index is 881. The zero-order valence-electron chi connectivity index (χ0n) is 13.2. The Morgan fingerprint density at radius 3 is 2.67 bits per heavy atom. The number of aromatic nitrogens is 2. The third-order valence-electron chi connectivity index (χ3n) is 4.68. The molecular formula is C17H18FN3O2S. The van der Waals surface area contributed by atoms with Crippen molar-refractivity contribution in [1.82, 2.24) is 14.3 Å². The lowest BCUT2D eigenvalue weighted by molar-refractivity contribution is 0.425. The molecule has 0 saturated heterocycles. The zero-order chi connectivity index (χ0) is 16.7. The van der Waals surface area contributed by atoms with Gasteiger partial charge >= 0.3 is 0 Å². The van der Waals surface area contributed by atoms with Crippen molar-refractivity contribution in [2.24, 2.45) is 0 Å². The molecule has 5 nitrogen and oxygen atoms in total. The van der Waals surface area contributed by atoms with E-state index in [-0.39, 0.29) is 4.90 Å². The minimum Gasteiger partial charge on any atom is -0.241 e. The first kappa shape index (κ1) is 15.7. The van der Waals surface area contributed by atoms with Crippen molar-refractivity contribution >= 4 is 10.0 Å². The Balaban J connectivity index is 1.63. The van der Waals surface area contributed by atoms with Crippen LogP contribution in [0.5, 0.6) is 0 Å². The number of hydrogen-bond acceptors (Lipinski definition) is 4. The summed E-state index contributed by atoms with van der Waals surface area (Å²) in [7, 11) is -3.70. The predicted molar refractivity (Wildman–Crippen MR) is 86.6 cm³/mol. The fraction of sp³-hybridized carbons (Fsp3) is 0.412. The van der Waals surface area contributed by atoms with Gasteiger partial charge in [0, 0.05) is 31.1 Å². The van der Waals surface area contributed by atoms with Crippen LogP contribution in [0.4, 0.5) is 4.39 Å². The van der Waals surface area contributed by atoms with E-state index in [9.17, 15) is 12.8 Å². The van der Waals surface area contributed by atoms with E-state index in [1.807, 2.05) is 0 Å². The van der Waals surface area contributed by atoms with Crippen LogP contribution in [-0.2, 0) is 22.9 Å². The van der Waals surface area contributed by atoms with Gasteiger partial charge in [-0.1, -0.05) is 6.07 Å². The van der Waals surface area contributed by atoms with E-state index in [2.05, 4.69) is 9.97 Å². The summed E-state index contributed by atoms with van der Waals surface area (Å²) in [6.45, 7) is 0.728. The second-order valence-electron chi connectivity index (χ2n) is 6.32. The van der Waals surface area contributed by atoms with Crippen LogP contribution in [0.1, 0.15) is 35.7 Å². The highest BCUT2D eigenvalue weighted by Gasteiger charge is 2.32. The molecular weight excluding hydrogens is 329 g/mol. The average Bonchev–Trinajstić information content (AvgIpc) is 3.40. The highest BCUT2D eigenvalue weighted by molar-refractivity contribution is 7.89. The van der Waals surface area contributed by atoms with Crippen molar-refractivity contribution in [3.8, 4) is 0 Å². The zero-order valence-corrected chi connectivity index (χ0v) is 14.0. The van der Waals surface area contributed by atoms with E-state index >= 15 is 0 Å². The van der Waals surface area contributed by atoms with Gasteiger partial charge in [0.25, 0.3) is 0 Å². The molecule has 0 radical (unpaired) electrons. The monoisotopic (exact) mass is 347 g/mol. The molecule has 1 saturated carbocycles. The molecule has 1 aromatic heterocycles. The molecule has 126 valence electrons. The molecule has 0 bridgehead atoms. The number of sulfonamides is 1. The molecule has 0 amide bonds. The molecule has 0 N–H and O–H groups in total. The van der Waals surface area contributed by atoms with Crippen molar-refractivity contribution in [2.45, 2.75) is 36.5 Å². The van der Waals surface area contributed by atoms with Gasteiger partial charge in [-0.05, 0) is 43.0 Å². The standard InChI is InChI=1S/C17H18FN3O2S/c18-13-2-1-3-14(10-13)24(22,23)21-8-6-15-16(7-9-21)19-11-20-17(15)12-4-5-12/h1-3,10-12H,4-9H2. The number of nitrogens with zero attached hydrogens (tertiary/aromatic N) is 3. The van der Waals surface area contributed by atoms with E-state index in [1.165, 1.54) is 22.5 Å². The Labute approximate surface area is 140 Å². The lowest BCUT2D eigenvalue weighted by Crippen LogP contribution is -2.33. The number of hydrogen-bond donors (Lipinski definition) is 0. The molecule has 24 heavy (non-hydrogen) atoms. The lowest BCUT2D eigenvalue weighted by atomic mass is 10.0. The molecule has 7 heteroatoms. The van der Waals surface area contributed by atoms with Crippen molar-refractivity contribution in [3.63, 3.8) is 0 Å². The summed E-state index contributed by atoms with van der Waals surface area (Å²) in [4.78, 5) is 8.79. The lowest BCUT2D eigenvalue weighted by Gasteiger charge is -2.19. The molecule has 2 aliphatic rings. The van der Waals surface area contributed by atoms with Crippen LogP contribution in [0.15, 0.2) is 35.5 Å². The van der Waals surface area contributed by atoms with Gasteiger partial charge in [0.1, 0.15) is 12.1 Å². The van der Waals surface area contributed by atoms with Crippen molar-refractivity contribution in [1.29, 1.82) is 0 Å². The molecule has 1 aromatic carbocycles. The highest BCUT2D eigenvalue weighted by Crippen LogP contribution is 2.41. The summed E-state index contributed by atoms with van der Waals surface area (Å²) >= 11 is 0. The van der Waals surface area contributed by atoms with Crippen LogP contribution in [0.2, 0.25) is 0 Å². The maximum absolute atomic E-state index is 13.4. The summed E-state index contributed by atoms with van der Waals surface area (Å²) < 4.78 is 40.4. The van der Waals surface area contributed by atoms with Gasteiger partial charge in [-0.25, -0.2) is 22.8 Å². The van der Waals surface area contributed by atoms with Gasteiger partial charge in [0.05, 0.1) is 10.6 Å². The number of benzene rings is 1. The van der Waals surface area contributed by atoms with E-state index < -0.39 is 15.8 Å². The first-order valence-corrected chi connectivity index (χ1v) is 9.58. The van der Waals surface area contributed by atoms with Gasteiger partial charge in [-0.2, -0.15) is 4.31 Å². The van der Waals surface area contributed by atoms with Crippen LogP contribution < -0.4 is 0 Å². The molecule has 1 aliphatic carbocycles. The molecule has 0 unspecified atom stereocenters. The Morgan fingerprint density at radius 2 is 1.92 bits per heavy atom. The quantitative estimate of drug-likeness (QED) is 0.855. The SMILES string of the molecule is O=S(=O)(c1cccc(F)c1)N1CCc2ncnc(C3CC3)c2CC1. The molecule has 1 aliphatic heterocycles. The first-order valence-electron chi connectivity index (χ1n) is 8.14. The summed E-state index contributed by atoms with van der Waals surface area (Å²) in [5.74, 6) is -0.0378. The topological polar surface area (TPSA) is 63.2 Å². The maximum Gasteiger partial charge on any atom is 0.243 e. The fourth-order valence-electron chi connectivity index (χ4n) is 3.26. The van der Waals surface area contributed by atoms with Gasteiger partial charge in [0.2, 0.25) is 10.0 Å². The minimum absolute atomic E-state index is 0.00181. The third kappa shape index (κ3) is 2.82. The minimum atomic E-state index is -3.70. The smallest absolute Gasteiger partial charge is 0.241 e. The van der Waals surface area contributed by atoms with Gasteiger partial charge in [-0.3, -0.25) is 0 Å². The summed E-state index contributed by atoms with van der Waals surface area (Å²) in [6, 6.07) is 5.18. The number of fused-ring (bicyclic) bond motifs is 1. The van der Waals surface area contributed by atoms with Gasteiger partial charge in [0.15, 0.2) is 0 Å². The Morgan fingerprint density at radius 1 is 1.12 bits per heavy atom. The summed E-state index contributed by atoms with van der Waals surface area (Å²) in [6.07, 6.45) is 5.05. The molecule has 0 spiro atoms. The van der Waals surface area contributed by atoms with Crippen LogP contribution in [-0.4, -0.2) is 35.8 Å². The molecule has 0 atom stereocenters. The predicted octanol–water partition coefficient (Wildman–Crippen LogP) is 2.28. The fourth-order valence-corrected chi connectivity index (χ4v) is 4.73. The van der Waals surface area contributed by atoms with Crippen molar-refractivity contribution < 1.29 is 12.8 Å². The first-order chi connectivity index (χ1) is 11.6. The van der Waals surface area contributed by atoms with E-state index in [1.54, 1.807) is 6.33 Å². The van der Waals surface area contributed by atoms with Gasteiger partial charge in [-0.15, -0.1) is 0 Å². The average molecular weight is 347 g/mol. The van der Waals surface area contributed by atoms with Gasteiger partial charge < -0.3 is 0 Å². The molecule has 2 aromatic rings. The molecule has 2 heterocycles. The van der Waals surface area contributed by atoms with E-state index in [0.29, 0.717) is 31.8 Å².